The third-order valence-electron chi connectivity index (χ3n) is 3.59. The molecule has 0 saturated carbocycles. The smallest absolute Gasteiger partial charge is 0.205 e. The van der Waals surface area contributed by atoms with Crippen molar-refractivity contribution in [2.45, 2.75) is 12.5 Å². The second kappa shape index (κ2) is 5.05. The van der Waals surface area contributed by atoms with Crippen LogP contribution in [0.15, 0.2) is 24.4 Å². The molecule has 21 heavy (non-hydrogen) atoms. The van der Waals surface area contributed by atoms with E-state index in [1.165, 1.54) is 11.5 Å². The van der Waals surface area contributed by atoms with Crippen LogP contribution in [-0.4, -0.2) is 44.2 Å². The lowest BCUT2D eigenvalue weighted by Gasteiger charge is -2.37. The van der Waals surface area contributed by atoms with Gasteiger partial charge in [-0.3, -0.25) is 4.40 Å². The molecule has 4 rings (SSSR count). The van der Waals surface area contributed by atoms with Gasteiger partial charge in [-0.25, -0.2) is 4.98 Å². The second-order valence-electron chi connectivity index (χ2n) is 5.02. The van der Waals surface area contributed by atoms with Crippen molar-refractivity contribution in [1.29, 1.82) is 0 Å². The molecule has 7 nitrogen and oxygen atoms in total. The van der Waals surface area contributed by atoms with Crippen LogP contribution in [-0.2, 0) is 11.3 Å². The van der Waals surface area contributed by atoms with Gasteiger partial charge in [-0.2, -0.15) is 4.37 Å². The van der Waals surface area contributed by atoms with Crippen LogP contribution < -0.4 is 4.90 Å². The number of hydrogen-bond donors (Lipinski definition) is 0. The predicted molar refractivity (Wildman–Crippen MR) is 78.6 cm³/mol. The average molecular weight is 302 g/mol. The van der Waals surface area contributed by atoms with Crippen LogP contribution >= 0.6 is 11.5 Å². The summed E-state index contributed by atoms with van der Waals surface area (Å²) in [6.07, 6.45) is 2.01. The number of hydrogen-bond acceptors (Lipinski definition) is 7. The van der Waals surface area contributed by atoms with E-state index in [4.69, 9.17) is 4.74 Å². The molecule has 0 bridgehead atoms. The summed E-state index contributed by atoms with van der Waals surface area (Å²) in [5.74, 6) is 2.15. The minimum atomic E-state index is 0.386. The summed E-state index contributed by atoms with van der Waals surface area (Å²) in [4.78, 5) is 6.68. The summed E-state index contributed by atoms with van der Waals surface area (Å²) in [7, 11) is 1.65. The minimum absolute atomic E-state index is 0.386. The van der Waals surface area contributed by atoms with Crippen LogP contribution in [0.25, 0.3) is 5.65 Å². The number of methoxy groups -OCH3 is 1. The molecule has 8 heteroatoms. The highest BCUT2D eigenvalue weighted by molar-refractivity contribution is 7.09. The van der Waals surface area contributed by atoms with Gasteiger partial charge in [0.1, 0.15) is 12.4 Å². The van der Waals surface area contributed by atoms with Crippen molar-refractivity contribution in [3.05, 3.63) is 36.0 Å². The van der Waals surface area contributed by atoms with Crippen LogP contribution in [0.2, 0.25) is 0 Å². The van der Waals surface area contributed by atoms with Crippen LogP contribution in [0.5, 0.6) is 0 Å². The van der Waals surface area contributed by atoms with Crippen LogP contribution in [0.4, 0.5) is 5.13 Å². The van der Waals surface area contributed by atoms with Crippen molar-refractivity contribution in [3.8, 4) is 0 Å². The fourth-order valence-electron chi connectivity index (χ4n) is 2.50. The van der Waals surface area contributed by atoms with E-state index in [0.29, 0.717) is 12.5 Å². The van der Waals surface area contributed by atoms with Crippen molar-refractivity contribution in [1.82, 2.24) is 24.0 Å². The SMILES string of the molecule is COCc1nsc(N2CC(c3nnc4ccccn34)C2)n1. The van der Waals surface area contributed by atoms with Crippen molar-refractivity contribution >= 4 is 22.3 Å². The van der Waals surface area contributed by atoms with Gasteiger partial charge in [0.05, 0.1) is 5.92 Å². The third-order valence-corrected chi connectivity index (χ3v) is 4.40. The Morgan fingerprint density at radius 3 is 3.10 bits per heavy atom. The molecule has 4 heterocycles. The summed E-state index contributed by atoms with van der Waals surface area (Å²) in [5.41, 5.74) is 0.893. The highest BCUT2D eigenvalue weighted by Crippen LogP contribution is 2.31. The number of aromatic nitrogens is 5. The fourth-order valence-corrected chi connectivity index (χ4v) is 3.19. The first-order valence-electron chi connectivity index (χ1n) is 6.71. The number of pyridine rings is 1. The molecular weight excluding hydrogens is 288 g/mol. The molecule has 0 aliphatic carbocycles. The van der Waals surface area contributed by atoms with E-state index in [1.807, 2.05) is 24.4 Å². The lowest BCUT2D eigenvalue weighted by molar-refractivity contribution is 0.179. The Hall–Kier alpha value is -2.06. The van der Waals surface area contributed by atoms with Gasteiger partial charge >= 0.3 is 0 Å². The Bertz CT molecular complexity index is 763. The van der Waals surface area contributed by atoms with Gasteiger partial charge in [0.15, 0.2) is 11.5 Å². The molecule has 0 N–H and O–H groups in total. The highest BCUT2D eigenvalue weighted by Gasteiger charge is 2.33. The van der Waals surface area contributed by atoms with Crippen LogP contribution in [0.3, 0.4) is 0 Å². The van der Waals surface area contributed by atoms with Crippen molar-refractivity contribution in [2.75, 3.05) is 25.1 Å². The number of nitrogens with zero attached hydrogens (tertiary/aromatic N) is 6. The molecule has 1 fully saturated rings. The Morgan fingerprint density at radius 1 is 1.33 bits per heavy atom. The van der Waals surface area contributed by atoms with E-state index >= 15 is 0 Å². The highest BCUT2D eigenvalue weighted by atomic mass is 32.1. The zero-order valence-electron chi connectivity index (χ0n) is 11.5. The predicted octanol–water partition coefficient (Wildman–Crippen LogP) is 1.33. The molecule has 0 radical (unpaired) electrons. The molecule has 1 aliphatic heterocycles. The molecule has 1 aliphatic rings. The van der Waals surface area contributed by atoms with E-state index in [2.05, 4.69) is 28.9 Å². The van der Waals surface area contributed by atoms with Gasteiger partial charge in [0, 0.05) is 37.9 Å². The monoisotopic (exact) mass is 302 g/mol. The summed E-state index contributed by atoms with van der Waals surface area (Å²) >= 11 is 1.42. The fraction of sp³-hybridized carbons (Fsp3) is 0.385. The molecular formula is C13H14N6OS. The summed E-state index contributed by atoms with van der Waals surface area (Å²) in [6.45, 7) is 2.26. The first-order chi connectivity index (χ1) is 10.3. The Balaban J connectivity index is 1.49. The van der Waals surface area contributed by atoms with E-state index in [0.717, 1.165) is 35.5 Å². The third kappa shape index (κ3) is 2.16. The molecule has 0 spiro atoms. The second-order valence-corrected chi connectivity index (χ2v) is 5.75. The van der Waals surface area contributed by atoms with Crippen LogP contribution in [0.1, 0.15) is 17.6 Å². The molecule has 0 unspecified atom stereocenters. The lowest BCUT2D eigenvalue weighted by atomic mass is 10.0. The standard InChI is InChI=1S/C13H14N6OS/c1-20-8-10-14-13(21-17-10)18-6-9(7-18)12-16-15-11-4-2-3-5-19(11)12/h2-5,9H,6-8H2,1H3. The molecule has 108 valence electrons. The topological polar surface area (TPSA) is 68.4 Å². The molecule has 0 amide bonds. The van der Waals surface area contributed by atoms with E-state index in [1.54, 1.807) is 7.11 Å². The van der Waals surface area contributed by atoms with Crippen molar-refractivity contribution in [3.63, 3.8) is 0 Å². The summed E-state index contributed by atoms with van der Waals surface area (Å²) in [6, 6.07) is 5.94. The number of anilines is 1. The van der Waals surface area contributed by atoms with Gasteiger partial charge in [-0.05, 0) is 12.1 Å². The average Bonchev–Trinajstić information content (AvgIpc) is 3.06. The molecule has 0 aromatic carbocycles. The number of fused-ring (bicyclic) bond motifs is 1. The first kappa shape index (κ1) is 12.7. The molecule has 3 aromatic heterocycles. The Kier molecular flexibility index (Phi) is 3.04. The van der Waals surface area contributed by atoms with Gasteiger partial charge in [-0.15, -0.1) is 10.2 Å². The largest absolute Gasteiger partial charge is 0.377 e. The number of rotatable bonds is 4. The van der Waals surface area contributed by atoms with Crippen LogP contribution in [0, 0.1) is 0 Å². The Labute approximate surface area is 125 Å². The van der Waals surface area contributed by atoms with Gasteiger partial charge < -0.3 is 9.64 Å². The maximum Gasteiger partial charge on any atom is 0.205 e. The quantitative estimate of drug-likeness (QED) is 0.724. The zero-order valence-corrected chi connectivity index (χ0v) is 12.3. The van der Waals surface area contributed by atoms with Crippen molar-refractivity contribution in [2.24, 2.45) is 0 Å². The van der Waals surface area contributed by atoms with E-state index in [9.17, 15) is 0 Å². The van der Waals surface area contributed by atoms with E-state index < -0.39 is 0 Å². The van der Waals surface area contributed by atoms with Gasteiger partial charge in [0.2, 0.25) is 5.13 Å². The van der Waals surface area contributed by atoms with E-state index in [-0.39, 0.29) is 0 Å². The normalized spacial score (nSPS) is 15.6. The lowest BCUT2D eigenvalue weighted by Crippen LogP contribution is -2.45. The Morgan fingerprint density at radius 2 is 2.24 bits per heavy atom. The maximum absolute atomic E-state index is 5.04. The maximum atomic E-state index is 5.04. The summed E-state index contributed by atoms with van der Waals surface area (Å²) in [5, 5.41) is 9.47. The minimum Gasteiger partial charge on any atom is -0.377 e. The molecule has 0 atom stereocenters. The zero-order chi connectivity index (χ0) is 14.2. The molecule has 3 aromatic rings. The van der Waals surface area contributed by atoms with Crippen molar-refractivity contribution < 1.29 is 4.74 Å². The van der Waals surface area contributed by atoms with Gasteiger partial charge in [0.25, 0.3) is 0 Å². The molecule has 1 saturated heterocycles. The summed E-state index contributed by atoms with van der Waals surface area (Å²) < 4.78 is 11.4. The van der Waals surface area contributed by atoms with Gasteiger partial charge in [-0.1, -0.05) is 6.07 Å². The number of ether oxygens (including phenoxy) is 1. The first-order valence-corrected chi connectivity index (χ1v) is 7.48.